The molecule has 0 aliphatic carbocycles. The molecule has 2 aliphatic heterocycles. The summed E-state index contributed by atoms with van der Waals surface area (Å²) in [6.45, 7) is 7.68. The standard InChI is InChI=1S/C44H57N4O10PS/c1-7-42(2,3)40(50)60-29-28-56-59(53,47-25-12-9-13-26-47)57-30-36-38(49)43(4,52)39(58-36)48-27-24-37(45-41(48)51)46-44(31-14-10-8-11-15-31,32-16-20-34(54-5)21-17-32)33-18-22-35(55-6)23-19-33/h8,10-11,14-24,27,36,38-39,49,52H,7,9,12-13,25-26,28-30H2,1-6H3,(H,45,46,51)/t36-,38+,39-,43?,59?/m1/s1. The van der Waals surface area contributed by atoms with Crippen molar-refractivity contribution in [3.8, 4) is 11.5 Å². The molecule has 4 aromatic rings. The quantitative estimate of drug-likeness (QED) is 0.0531. The van der Waals surface area contributed by atoms with Crippen molar-refractivity contribution in [1.82, 2.24) is 14.2 Å². The first-order valence-electron chi connectivity index (χ1n) is 20.3. The molecule has 6 rings (SSSR count). The predicted molar refractivity (Wildman–Crippen MR) is 231 cm³/mol. The van der Waals surface area contributed by atoms with Crippen molar-refractivity contribution in [3.63, 3.8) is 0 Å². The zero-order chi connectivity index (χ0) is 43.1. The lowest BCUT2D eigenvalue weighted by molar-refractivity contribution is -0.118. The van der Waals surface area contributed by atoms with E-state index in [4.69, 9.17) is 23.3 Å². The summed E-state index contributed by atoms with van der Waals surface area (Å²) in [4.78, 5) is 31.1. The molecule has 2 unspecified atom stereocenters. The maximum atomic E-state index is 14.3. The number of carbonyl (C=O) groups excluding carboxylic acids is 1. The smallest absolute Gasteiger partial charge is 0.408 e. The Labute approximate surface area is 356 Å². The van der Waals surface area contributed by atoms with E-state index in [2.05, 4.69) is 10.3 Å². The van der Waals surface area contributed by atoms with Gasteiger partial charge in [0, 0.05) is 30.5 Å². The number of thioether (sulfide) groups is 1. The molecule has 60 heavy (non-hydrogen) atoms. The van der Waals surface area contributed by atoms with Crippen LogP contribution in [0.15, 0.2) is 95.9 Å². The molecule has 324 valence electrons. The second kappa shape index (κ2) is 19.3. The molecule has 0 radical (unpaired) electrons. The van der Waals surface area contributed by atoms with Gasteiger partial charge < -0.3 is 29.7 Å². The largest absolute Gasteiger partial charge is 0.497 e. The van der Waals surface area contributed by atoms with Crippen LogP contribution in [0.3, 0.4) is 0 Å². The monoisotopic (exact) mass is 864 g/mol. The highest BCUT2D eigenvalue weighted by atomic mass is 32.2. The molecule has 0 amide bonds. The van der Waals surface area contributed by atoms with Crippen molar-refractivity contribution in [1.29, 1.82) is 0 Å². The number of aliphatic hydroxyl groups excluding tert-OH is 1. The number of ether oxygens (including phenoxy) is 3. The highest BCUT2D eigenvalue weighted by Crippen LogP contribution is 2.54. The number of nitrogens with zero attached hydrogens (tertiary/aromatic N) is 3. The molecule has 3 N–H and O–H groups in total. The van der Waals surface area contributed by atoms with Gasteiger partial charge in [-0.2, -0.15) is 4.98 Å². The average molecular weight is 865 g/mol. The maximum Gasteiger partial charge on any atom is 0.408 e. The number of hydrogen-bond acceptors (Lipinski definition) is 13. The molecule has 2 aliphatic rings. The zero-order valence-corrected chi connectivity index (χ0v) is 36.8. The zero-order valence-electron chi connectivity index (χ0n) is 35.1. The van der Waals surface area contributed by atoms with Gasteiger partial charge in [0.15, 0.2) is 11.3 Å². The van der Waals surface area contributed by atoms with Crippen LogP contribution < -0.4 is 20.5 Å². The van der Waals surface area contributed by atoms with Gasteiger partial charge in [-0.3, -0.25) is 18.4 Å². The van der Waals surface area contributed by atoms with Crippen LogP contribution in [-0.4, -0.2) is 93.6 Å². The molecule has 2 saturated heterocycles. The minimum absolute atomic E-state index is 0.00231. The number of carbonyl (C=O) groups is 1. The molecule has 0 spiro atoms. The number of benzene rings is 3. The second-order valence-electron chi connectivity index (χ2n) is 15.9. The van der Waals surface area contributed by atoms with Crippen LogP contribution in [0.5, 0.6) is 11.5 Å². The third-order valence-corrected chi connectivity index (χ3v) is 14.8. The van der Waals surface area contributed by atoms with Crippen LogP contribution in [0.4, 0.5) is 5.82 Å². The number of anilines is 1. The molecule has 14 nitrogen and oxygen atoms in total. The van der Waals surface area contributed by atoms with Crippen LogP contribution in [-0.2, 0) is 28.7 Å². The number of methoxy groups -OCH3 is 2. The lowest BCUT2D eigenvalue weighted by atomic mass is 9.77. The van der Waals surface area contributed by atoms with Crippen molar-refractivity contribution in [2.45, 2.75) is 83.0 Å². The summed E-state index contributed by atoms with van der Waals surface area (Å²) < 4.78 is 46.1. The lowest BCUT2D eigenvalue weighted by Gasteiger charge is -2.37. The number of rotatable bonds is 18. The van der Waals surface area contributed by atoms with Gasteiger partial charge in [-0.1, -0.05) is 93.6 Å². The molecule has 3 heterocycles. The van der Waals surface area contributed by atoms with Crippen LogP contribution in [0.1, 0.15) is 76.3 Å². The van der Waals surface area contributed by atoms with E-state index >= 15 is 0 Å². The number of aliphatic hydroxyl groups is 2. The summed E-state index contributed by atoms with van der Waals surface area (Å²) in [7, 11) is -0.701. The average Bonchev–Trinajstić information content (AvgIpc) is 3.50. The Bertz CT molecular complexity index is 2100. The number of piperidine rings is 1. The first kappa shape index (κ1) is 45.5. The number of aromatic nitrogens is 2. The van der Waals surface area contributed by atoms with Gasteiger partial charge in [0.05, 0.1) is 27.4 Å². The van der Waals surface area contributed by atoms with Gasteiger partial charge in [0.1, 0.15) is 40.7 Å². The van der Waals surface area contributed by atoms with Gasteiger partial charge in [-0.05, 0) is 73.2 Å². The van der Waals surface area contributed by atoms with Crippen LogP contribution >= 0.6 is 19.5 Å². The van der Waals surface area contributed by atoms with Gasteiger partial charge in [0.25, 0.3) is 0 Å². The predicted octanol–water partition coefficient (Wildman–Crippen LogP) is 7.00. The van der Waals surface area contributed by atoms with E-state index in [1.54, 1.807) is 25.0 Å². The van der Waals surface area contributed by atoms with E-state index in [0.29, 0.717) is 31.0 Å². The first-order valence-corrected chi connectivity index (χ1v) is 22.8. The molecule has 0 saturated carbocycles. The van der Waals surface area contributed by atoms with Gasteiger partial charge in [0.2, 0.25) is 0 Å². The van der Waals surface area contributed by atoms with E-state index in [1.165, 1.54) is 13.1 Å². The normalized spacial score (nSPS) is 22.2. The molecular weight excluding hydrogens is 808 g/mol. The minimum atomic E-state index is -3.90. The molecule has 1 aromatic heterocycles. The van der Waals surface area contributed by atoms with E-state index in [9.17, 15) is 24.4 Å². The minimum Gasteiger partial charge on any atom is -0.497 e. The van der Waals surface area contributed by atoms with E-state index in [0.717, 1.165) is 52.3 Å². The van der Waals surface area contributed by atoms with Crippen LogP contribution in [0.25, 0.3) is 0 Å². The molecule has 0 bridgehead atoms. The summed E-state index contributed by atoms with van der Waals surface area (Å²) >= 11 is 1.13. The fourth-order valence-corrected chi connectivity index (χ4v) is 10.3. The fraction of sp³-hybridized carbons (Fsp3) is 0.477. The van der Waals surface area contributed by atoms with Crippen molar-refractivity contribution in [3.05, 3.63) is 118 Å². The summed E-state index contributed by atoms with van der Waals surface area (Å²) in [5.41, 5.74) is -1.77. The summed E-state index contributed by atoms with van der Waals surface area (Å²) in [5, 5.41) is 26.6. The second-order valence-corrected chi connectivity index (χ2v) is 19.0. The summed E-state index contributed by atoms with van der Waals surface area (Å²) in [6, 6.07) is 26.6. The molecule has 5 atom stereocenters. The maximum absolute atomic E-state index is 14.3. The number of hydrogen-bond donors (Lipinski definition) is 3. The topological polar surface area (TPSA) is 171 Å². The summed E-state index contributed by atoms with van der Waals surface area (Å²) in [5.74, 6) is 1.86. The lowest BCUT2D eigenvalue weighted by Crippen LogP contribution is -2.46. The van der Waals surface area contributed by atoms with E-state index in [1.807, 2.05) is 99.6 Å². The van der Waals surface area contributed by atoms with Gasteiger partial charge in [-0.15, -0.1) is 0 Å². The van der Waals surface area contributed by atoms with E-state index in [-0.39, 0.29) is 23.3 Å². The van der Waals surface area contributed by atoms with Crippen molar-refractivity contribution in [2.75, 3.05) is 51.6 Å². The molecular formula is C44H57N4O10PS. The summed E-state index contributed by atoms with van der Waals surface area (Å²) in [6.07, 6.45) is 0.632. The Morgan fingerprint density at radius 3 is 2.07 bits per heavy atom. The third kappa shape index (κ3) is 9.69. The number of nitrogens with one attached hydrogen (secondary N) is 1. The highest BCUT2D eigenvalue weighted by molar-refractivity contribution is 8.13. The highest BCUT2D eigenvalue weighted by Gasteiger charge is 2.54. The van der Waals surface area contributed by atoms with Crippen molar-refractivity contribution < 1.29 is 42.8 Å². The molecule has 3 aromatic carbocycles. The SMILES string of the molecule is CCC(C)(C)C(=O)SCCOP(=O)(OC[C@H]1O[C@@H](n2ccc(NC(c3ccccc3)(c3ccc(OC)cc3)c3ccc(OC)cc3)nc2=O)C(C)(O)[C@H]1O)N1CCCCC1. The third-order valence-electron chi connectivity index (χ3n) is 11.5. The van der Waals surface area contributed by atoms with Crippen LogP contribution in [0.2, 0.25) is 0 Å². The Morgan fingerprint density at radius 2 is 1.52 bits per heavy atom. The van der Waals surface area contributed by atoms with Gasteiger partial charge in [-0.25, -0.2) is 14.0 Å². The van der Waals surface area contributed by atoms with E-state index < -0.39 is 55.0 Å². The Morgan fingerprint density at radius 1 is 0.933 bits per heavy atom. The first-order chi connectivity index (χ1) is 28.7. The van der Waals surface area contributed by atoms with Crippen molar-refractivity contribution >= 4 is 30.4 Å². The Kier molecular flexibility index (Phi) is 14.7. The molecule has 16 heteroatoms. The Hall–Kier alpha value is -4.05. The Balaban J connectivity index is 1.25. The van der Waals surface area contributed by atoms with Gasteiger partial charge >= 0.3 is 13.4 Å². The fourth-order valence-electron chi connectivity index (χ4n) is 7.43. The van der Waals surface area contributed by atoms with Crippen molar-refractivity contribution in [2.24, 2.45) is 5.41 Å². The molecule has 2 fully saturated rings. The van der Waals surface area contributed by atoms with Crippen LogP contribution in [0, 0.1) is 5.41 Å².